The molecule has 5 nitrogen and oxygen atoms in total. The zero-order chi connectivity index (χ0) is 15.7. The van der Waals surface area contributed by atoms with Crippen LogP contribution in [0.2, 0.25) is 0 Å². The molecule has 2 aromatic rings. The monoisotopic (exact) mass is 299 g/mol. The second-order valence-corrected chi connectivity index (χ2v) is 6.14. The highest BCUT2D eigenvalue weighted by molar-refractivity contribution is 6.06. The molecule has 22 heavy (non-hydrogen) atoms. The number of amides is 1. The second-order valence-electron chi connectivity index (χ2n) is 6.14. The van der Waals surface area contributed by atoms with E-state index in [4.69, 9.17) is 0 Å². The van der Waals surface area contributed by atoms with E-state index in [0.717, 1.165) is 24.9 Å². The number of nitrogens with zero attached hydrogens (tertiary/aromatic N) is 1. The Balaban J connectivity index is 1.83. The summed E-state index contributed by atoms with van der Waals surface area (Å²) in [6.45, 7) is 6.19. The summed E-state index contributed by atoms with van der Waals surface area (Å²) in [5, 5.41) is 3.84. The van der Waals surface area contributed by atoms with Gasteiger partial charge in [0.15, 0.2) is 0 Å². The Hall–Kier alpha value is -2.14. The van der Waals surface area contributed by atoms with Gasteiger partial charge in [0.2, 0.25) is 5.56 Å². The molecule has 1 aliphatic rings. The molecule has 0 aliphatic carbocycles. The van der Waals surface area contributed by atoms with Crippen LogP contribution in [0.1, 0.15) is 30.6 Å². The first-order chi connectivity index (χ1) is 10.5. The number of nitrogens with one attached hydrogen (secondary N) is 2. The van der Waals surface area contributed by atoms with E-state index in [0.29, 0.717) is 17.1 Å². The molecule has 0 saturated carbocycles. The fraction of sp³-hybridized carbons (Fsp3) is 0.412. The number of hydrogen-bond acceptors (Lipinski definition) is 3. The Bertz CT molecular complexity index is 751. The highest BCUT2D eigenvalue weighted by atomic mass is 16.2. The maximum absolute atomic E-state index is 12.6. The quantitative estimate of drug-likeness (QED) is 0.907. The number of carbonyl (C=O) groups excluding carboxylic acids is 1. The van der Waals surface area contributed by atoms with Gasteiger partial charge < -0.3 is 10.3 Å². The molecular formula is C17H21N3O2. The van der Waals surface area contributed by atoms with Gasteiger partial charge in [-0.05, 0) is 26.3 Å². The van der Waals surface area contributed by atoms with Gasteiger partial charge in [0.25, 0.3) is 5.91 Å². The maximum Gasteiger partial charge on any atom is 0.252 e. The van der Waals surface area contributed by atoms with Crippen LogP contribution in [0.5, 0.6) is 0 Å². The highest BCUT2D eigenvalue weighted by Crippen LogP contribution is 2.16. The summed E-state index contributed by atoms with van der Waals surface area (Å²) in [5.41, 5.74) is 0.886. The third-order valence-corrected chi connectivity index (χ3v) is 4.28. The van der Waals surface area contributed by atoms with E-state index < -0.39 is 0 Å². The number of fused-ring (bicyclic) bond motifs is 1. The molecule has 5 heteroatoms. The second kappa shape index (κ2) is 5.93. The van der Waals surface area contributed by atoms with Crippen LogP contribution in [-0.4, -0.2) is 41.0 Å². The first-order valence-electron chi connectivity index (χ1n) is 7.71. The van der Waals surface area contributed by atoms with E-state index in [1.54, 1.807) is 0 Å². The molecule has 2 N–H and O–H groups in total. The van der Waals surface area contributed by atoms with Crippen LogP contribution in [0.15, 0.2) is 35.1 Å². The van der Waals surface area contributed by atoms with Gasteiger partial charge in [0.1, 0.15) is 0 Å². The summed E-state index contributed by atoms with van der Waals surface area (Å²) >= 11 is 0. The van der Waals surface area contributed by atoms with Gasteiger partial charge in [0.05, 0.1) is 5.56 Å². The first-order valence-corrected chi connectivity index (χ1v) is 7.71. The lowest BCUT2D eigenvalue weighted by Crippen LogP contribution is -2.38. The van der Waals surface area contributed by atoms with Gasteiger partial charge in [0, 0.05) is 42.1 Å². The van der Waals surface area contributed by atoms with Crippen LogP contribution in [0, 0.1) is 0 Å². The molecular weight excluding hydrogens is 278 g/mol. The van der Waals surface area contributed by atoms with Crippen LogP contribution >= 0.6 is 0 Å². The molecule has 1 amide bonds. The van der Waals surface area contributed by atoms with Crippen molar-refractivity contribution >= 4 is 16.8 Å². The number of carbonyl (C=O) groups is 1. The Kier molecular flexibility index (Phi) is 3.98. The van der Waals surface area contributed by atoms with Crippen LogP contribution in [0.4, 0.5) is 0 Å². The summed E-state index contributed by atoms with van der Waals surface area (Å²) < 4.78 is 0. The molecule has 0 spiro atoms. The zero-order valence-electron chi connectivity index (χ0n) is 12.9. The van der Waals surface area contributed by atoms with Crippen molar-refractivity contribution in [3.63, 3.8) is 0 Å². The predicted molar refractivity (Wildman–Crippen MR) is 87.1 cm³/mol. The van der Waals surface area contributed by atoms with Crippen LogP contribution < -0.4 is 10.9 Å². The van der Waals surface area contributed by atoms with Crippen molar-refractivity contribution < 1.29 is 4.79 Å². The Morgan fingerprint density at radius 2 is 2.14 bits per heavy atom. The molecule has 1 aliphatic heterocycles. The Morgan fingerprint density at radius 3 is 2.86 bits per heavy atom. The summed E-state index contributed by atoms with van der Waals surface area (Å²) in [6.07, 6.45) is 0.949. The van der Waals surface area contributed by atoms with Crippen molar-refractivity contribution in [2.45, 2.75) is 32.4 Å². The minimum Gasteiger partial charge on any atom is -0.348 e. The molecule has 1 atom stereocenters. The van der Waals surface area contributed by atoms with E-state index in [9.17, 15) is 9.59 Å². The lowest BCUT2D eigenvalue weighted by molar-refractivity contribution is 0.0938. The fourth-order valence-corrected chi connectivity index (χ4v) is 3.03. The fourth-order valence-electron chi connectivity index (χ4n) is 3.03. The molecule has 2 heterocycles. The molecule has 0 bridgehead atoms. The largest absolute Gasteiger partial charge is 0.348 e. The average Bonchev–Trinajstić information content (AvgIpc) is 2.95. The topological polar surface area (TPSA) is 65.2 Å². The van der Waals surface area contributed by atoms with Crippen LogP contribution in [0.25, 0.3) is 10.9 Å². The van der Waals surface area contributed by atoms with Crippen LogP contribution in [0.3, 0.4) is 0 Å². The predicted octanol–water partition coefficient (Wildman–Crippen LogP) is 1.74. The van der Waals surface area contributed by atoms with E-state index in [2.05, 4.69) is 29.0 Å². The van der Waals surface area contributed by atoms with E-state index in [-0.39, 0.29) is 17.5 Å². The van der Waals surface area contributed by atoms with Crippen molar-refractivity contribution in [3.8, 4) is 0 Å². The van der Waals surface area contributed by atoms with Gasteiger partial charge in [-0.1, -0.05) is 18.2 Å². The minimum atomic E-state index is -0.251. The molecule has 0 radical (unpaired) electrons. The number of likely N-dealkylation sites (tertiary alicyclic amines) is 1. The van der Waals surface area contributed by atoms with Crippen LogP contribution in [-0.2, 0) is 0 Å². The van der Waals surface area contributed by atoms with Crippen molar-refractivity contribution in [3.05, 3.63) is 46.2 Å². The number of aromatic nitrogens is 1. The number of H-pyrrole nitrogens is 1. The summed E-state index contributed by atoms with van der Waals surface area (Å²) in [7, 11) is 0. The maximum atomic E-state index is 12.6. The highest BCUT2D eigenvalue weighted by Gasteiger charge is 2.26. The van der Waals surface area contributed by atoms with Gasteiger partial charge in [-0.3, -0.25) is 14.5 Å². The lowest BCUT2D eigenvalue weighted by atomic mass is 10.1. The van der Waals surface area contributed by atoms with Gasteiger partial charge in [-0.25, -0.2) is 0 Å². The van der Waals surface area contributed by atoms with Crippen molar-refractivity contribution in [2.24, 2.45) is 0 Å². The van der Waals surface area contributed by atoms with Crippen molar-refractivity contribution in [1.82, 2.24) is 15.2 Å². The van der Waals surface area contributed by atoms with Crippen molar-refractivity contribution in [1.29, 1.82) is 0 Å². The molecule has 116 valence electrons. The first kappa shape index (κ1) is 14.8. The molecule has 1 aromatic carbocycles. The van der Waals surface area contributed by atoms with E-state index >= 15 is 0 Å². The number of aromatic amines is 1. The third kappa shape index (κ3) is 2.90. The van der Waals surface area contributed by atoms with Crippen molar-refractivity contribution in [2.75, 3.05) is 13.1 Å². The zero-order valence-corrected chi connectivity index (χ0v) is 12.9. The lowest BCUT2D eigenvalue weighted by Gasteiger charge is -2.20. The number of para-hydroxylation sites is 1. The minimum absolute atomic E-state index is 0.146. The van der Waals surface area contributed by atoms with Gasteiger partial charge in [-0.15, -0.1) is 0 Å². The van der Waals surface area contributed by atoms with Gasteiger partial charge >= 0.3 is 0 Å². The molecule has 1 fully saturated rings. The summed E-state index contributed by atoms with van der Waals surface area (Å²) in [4.78, 5) is 29.4. The number of hydrogen-bond donors (Lipinski definition) is 2. The van der Waals surface area contributed by atoms with E-state index in [1.165, 1.54) is 6.07 Å². The number of benzene rings is 1. The summed E-state index contributed by atoms with van der Waals surface area (Å²) in [6, 6.07) is 9.40. The summed E-state index contributed by atoms with van der Waals surface area (Å²) in [5.74, 6) is -0.169. The number of rotatable bonds is 3. The SMILES string of the molecule is CC(C)N1CC[C@H](NC(=O)c2cc(=O)[nH]c3ccccc23)C1. The molecule has 0 unspecified atom stereocenters. The van der Waals surface area contributed by atoms with Gasteiger partial charge in [-0.2, -0.15) is 0 Å². The number of pyridine rings is 1. The Morgan fingerprint density at radius 1 is 1.36 bits per heavy atom. The normalized spacial score (nSPS) is 19.0. The third-order valence-electron chi connectivity index (χ3n) is 4.28. The molecule has 1 aromatic heterocycles. The smallest absolute Gasteiger partial charge is 0.252 e. The Labute approximate surface area is 129 Å². The average molecular weight is 299 g/mol. The van der Waals surface area contributed by atoms with E-state index in [1.807, 2.05) is 24.3 Å². The molecule has 3 rings (SSSR count). The molecule has 1 saturated heterocycles. The standard InChI is InChI=1S/C17H21N3O2/c1-11(2)20-8-7-12(10-20)18-17(22)14-9-16(21)19-15-6-4-3-5-13(14)15/h3-6,9,11-12H,7-8,10H2,1-2H3,(H,18,22)(H,19,21)/t12-/m0/s1.